The molecule has 0 atom stereocenters. The molecule has 35 heavy (non-hydrogen) atoms. The number of hydrogen-bond acceptors (Lipinski definition) is 6. The third-order valence-electron chi connectivity index (χ3n) is 5.68. The van der Waals surface area contributed by atoms with Gasteiger partial charge in [-0.1, -0.05) is 42.5 Å². The third kappa shape index (κ3) is 6.83. The van der Waals surface area contributed by atoms with Crippen molar-refractivity contribution in [3.63, 3.8) is 0 Å². The number of rotatable bonds is 12. The van der Waals surface area contributed by atoms with Crippen LogP contribution in [0, 0.1) is 6.92 Å². The number of unbranched alkanes of at least 4 members (excludes halogenated alkanes) is 2. The number of hydrogen-bond donors (Lipinski definition) is 0. The van der Waals surface area contributed by atoms with Gasteiger partial charge in [0.15, 0.2) is 0 Å². The van der Waals surface area contributed by atoms with Crippen LogP contribution >= 0.6 is 11.3 Å². The van der Waals surface area contributed by atoms with Crippen LogP contribution in [0.3, 0.4) is 0 Å². The molecule has 2 aromatic carbocycles. The fourth-order valence-corrected chi connectivity index (χ4v) is 4.96. The van der Waals surface area contributed by atoms with Gasteiger partial charge in [0.1, 0.15) is 11.5 Å². The molecule has 0 aliphatic carbocycles. The van der Waals surface area contributed by atoms with E-state index in [4.69, 9.17) is 18.9 Å². The Morgan fingerprint density at radius 1 is 0.971 bits per heavy atom. The second-order valence-corrected chi connectivity index (χ2v) is 9.60. The Morgan fingerprint density at radius 2 is 1.77 bits per heavy atom. The van der Waals surface area contributed by atoms with Crippen molar-refractivity contribution in [3.05, 3.63) is 82.4 Å². The van der Waals surface area contributed by atoms with Crippen LogP contribution in [0.1, 0.15) is 48.1 Å². The van der Waals surface area contributed by atoms with E-state index in [0.717, 1.165) is 64.6 Å². The summed E-state index contributed by atoms with van der Waals surface area (Å²) in [6.07, 6.45) is 5.59. The fourth-order valence-electron chi connectivity index (χ4n) is 3.98. The van der Waals surface area contributed by atoms with Crippen molar-refractivity contribution < 1.29 is 18.7 Å². The molecule has 2 heterocycles. The number of esters is 1. The number of aromatic nitrogens is 1. The summed E-state index contributed by atoms with van der Waals surface area (Å²) >= 11 is 1.73. The van der Waals surface area contributed by atoms with E-state index in [-0.39, 0.29) is 5.97 Å². The van der Waals surface area contributed by atoms with Gasteiger partial charge >= 0.3 is 5.97 Å². The lowest BCUT2D eigenvalue weighted by Gasteiger charge is -2.12. The predicted molar refractivity (Wildman–Crippen MR) is 140 cm³/mol. The van der Waals surface area contributed by atoms with Crippen LogP contribution in [0.15, 0.2) is 71.3 Å². The summed E-state index contributed by atoms with van der Waals surface area (Å²) in [7, 11) is 0. The number of aryl methyl sites for hydroxylation is 1. The maximum atomic E-state index is 11.5. The minimum atomic E-state index is -0.120. The SMILES string of the molecule is CCOC(=O)CCCCCOc1ccccc1Cc1sc(C)nc1-c1ccc(-c2ccco2)cc1. The average Bonchev–Trinajstić information content (AvgIpc) is 3.53. The van der Waals surface area contributed by atoms with Gasteiger partial charge in [0.2, 0.25) is 0 Å². The summed E-state index contributed by atoms with van der Waals surface area (Å²) in [5.41, 5.74) is 4.32. The Kier molecular flexibility index (Phi) is 8.74. The number of ether oxygens (including phenoxy) is 2. The Morgan fingerprint density at radius 3 is 2.54 bits per heavy atom. The minimum Gasteiger partial charge on any atom is -0.493 e. The van der Waals surface area contributed by atoms with Gasteiger partial charge in [-0.15, -0.1) is 11.3 Å². The van der Waals surface area contributed by atoms with Gasteiger partial charge < -0.3 is 13.9 Å². The number of furan rings is 1. The Labute approximate surface area is 210 Å². The topological polar surface area (TPSA) is 61.6 Å². The molecule has 4 rings (SSSR count). The number of nitrogens with zero attached hydrogens (tertiary/aromatic N) is 1. The zero-order chi connectivity index (χ0) is 24.5. The van der Waals surface area contributed by atoms with Crippen LogP contribution in [0.2, 0.25) is 0 Å². The minimum absolute atomic E-state index is 0.120. The predicted octanol–water partition coefficient (Wildman–Crippen LogP) is 7.47. The molecule has 182 valence electrons. The summed E-state index contributed by atoms with van der Waals surface area (Å²) in [5.74, 6) is 1.64. The molecule has 0 N–H and O–H groups in total. The van der Waals surface area contributed by atoms with Gasteiger partial charge in [-0.2, -0.15) is 0 Å². The molecular formula is C29H31NO4S. The zero-order valence-corrected chi connectivity index (χ0v) is 21.1. The summed E-state index contributed by atoms with van der Waals surface area (Å²) in [5, 5.41) is 1.05. The number of para-hydroxylation sites is 1. The monoisotopic (exact) mass is 489 g/mol. The highest BCUT2D eigenvalue weighted by atomic mass is 32.1. The second-order valence-electron chi connectivity index (χ2n) is 8.31. The highest BCUT2D eigenvalue weighted by Crippen LogP contribution is 2.33. The van der Waals surface area contributed by atoms with Gasteiger partial charge in [0.05, 0.1) is 30.2 Å². The van der Waals surface area contributed by atoms with Gasteiger partial charge in [-0.05, 0) is 56.9 Å². The molecule has 5 nitrogen and oxygen atoms in total. The Bertz CT molecular complexity index is 1210. The summed E-state index contributed by atoms with van der Waals surface area (Å²) in [6.45, 7) is 4.95. The molecule has 0 saturated heterocycles. The van der Waals surface area contributed by atoms with Gasteiger partial charge in [-0.25, -0.2) is 4.98 Å². The number of thiazole rings is 1. The lowest BCUT2D eigenvalue weighted by atomic mass is 10.0. The van der Waals surface area contributed by atoms with Crippen molar-refractivity contribution in [2.24, 2.45) is 0 Å². The standard InChI is InChI=1S/C29H31NO4S/c1-3-32-28(31)13-5-4-8-18-33-26-11-7-6-10-24(26)20-27-29(30-21(2)35-27)23-16-14-22(15-17-23)25-12-9-19-34-25/h6-7,9-12,14-17,19H,3-5,8,13,18,20H2,1-2H3. The molecule has 0 aliphatic rings. The zero-order valence-electron chi connectivity index (χ0n) is 20.3. The smallest absolute Gasteiger partial charge is 0.305 e. The molecule has 0 radical (unpaired) electrons. The fraction of sp³-hybridized carbons (Fsp3) is 0.310. The van der Waals surface area contributed by atoms with Crippen LogP contribution in [0.4, 0.5) is 0 Å². The largest absolute Gasteiger partial charge is 0.493 e. The molecule has 0 spiro atoms. The number of benzene rings is 2. The molecule has 4 aromatic rings. The van der Waals surface area contributed by atoms with Crippen molar-refractivity contribution in [2.45, 2.75) is 46.0 Å². The van der Waals surface area contributed by atoms with Crippen molar-refractivity contribution in [2.75, 3.05) is 13.2 Å². The van der Waals surface area contributed by atoms with Crippen LogP contribution in [-0.2, 0) is 16.0 Å². The molecule has 0 fully saturated rings. The van der Waals surface area contributed by atoms with E-state index >= 15 is 0 Å². The third-order valence-corrected chi connectivity index (χ3v) is 6.65. The van der Waals surface area contributed by atoms with Crippen LogP contribution in [-0.4, -0.2) is 24.2 Å². The lowest BCUT2D eigenvalue weighted by molar-refractivity contribution is -0.143. The van der Waals surface area contributed by atoms with E-state index in [1.165, 1.54) is 4.88 Å². The summed E-state index contributed by atoms with van der Waals surface area (Å²) < 4.78 is 16.6. The van der Waals surface area contributed by atoms with Crippen LogP contribution < -0.4 is 4.74 Å². The van der Waals surface area contributed by atoms with Crippen LogP contribution in [0.5, 0.6) is 5.75 Å². The summed E-state index contributed by atoms with van der Waals surface area (Å²) in [6, 6.07) is 20.4. The average molecular weight is 490 g/mol. The molecular weight excluding hydrogens is 458 g/mol. The van der Waals surface area contributed by atoms with Gasteiger partial charge in [0, 0.05) is 28.8 Å². The van der Waals surface area contributed by atoms with E-state index in [1.54, 1.807) is 17.6 Å². The number of carbonyl (C=O) groups excluding carboxylic acids is 1. The van der Waals surface area contributed by atoms with E-state index in [9.17, 15) is 4.79 Å². The number of carbonyl (C=O) groups is 1. The molecule has 2 aromatic heterocycles. The highest BCUT2D eigenvalue weighted by molar-refractivity contribution is 7.12. The van der Waals surface area contributed by atoms with Crippen LogP contribution in [0.25, 0.3) is 22.6 Å². The van der Waals surface area contributed by atoms with Gasteiger partial charge in [0.25, 0.3) is 0 Å². The van der Waals surface area contributed by atoms with Crippen molar-refractivity contribution in [1.82, 2.24) is 4.98 Å². The lowest BCUT2D eigenvalue weighted by Crippen LogP contribution is -2.04. The first kappa shape index (κ1) is 24.7. The van der Waals surface area contributed by atoms with E-state index in [0.29, 0.717) is 19.6 Å². The second kappa shape index (κ2) is 12.4. The molecule has 0 bridgehead atoms. The molecule has 0 saturated carbocycles. The highest BCUT2D eigenvalue weighted by Gasteiger charge is 2.15. The first-order chi connectivity index (χ1) is 17.1. The van der Waals surface area contributed by atoms with E-state index in [1.807, 2.05) is 44.2 Å². The molecule has 0 unspecified atom stereocenters. The van der Waals surface area contributed by atoms with E-state index in [2.05, 4.69) is 30.3 Å². The van der Waals surface area contributed by atoms with E-state index < -0.39 is 0 Å². The maximum absolute atomic E-state index is 11.5. The quantitative estimate of drug-likeness (QED) is 0.153. The van der Waals surface area contributed by atoms with Gasteiger partial charge in [-0.3, -0.25) is 4.79 Å². The Hall–Kier alpha value is -3.38. The Balaban J connectivity index is 1.39. The molecule has 6 heteroatoms. The first-order valence-electron chi connectivity index (χ1n) is 12.1. The van der Waals surface area contributed by atoms with Crippen molar-refractivity contribution >= 4 is 17.3 Å². The van der Waals surface area contributed by atoms with Crippen molar-refractivity contribution in [1.29, 1.82) is 0 Å². The first-order valence-corrected chi connectivity index (χ1v) is 12.9. The normalized spacial score (nSPS) is 10.9. The summed E-state index contributed by atoms with van der Waals surface area (Å²) in [4.78, 5) is 17.5. The maximum Gasteiger partial charge on any atom is 0.305 e. The van der Waals surface area contributed by atoms with Crippen molar-refractivity contribution in [3.8, 4) is 28.3 Å². The molecule has 0 aliphatic heterocycles. The molecule has 0 amide bonds.